The maximum atomic E-state index is 6.04. The van der Waals surface area contributed by atoms with Crippen molar-refractivity contribution in [3.05, 3.63) is 72.6 Å². The Kier molecular flexibility index (Phi) is 5.03. The lowest BCUT2D eigenvalue weighted by atomic mass is 10.2. The first-order valence-corrected chi connectivity index (χ1v) is 9.22. The summed E-state index contributed by atoms with van der Waals surface area (Å²) in [4.78, 5) is 2.25. The van der Waals surface area contributed by atoms with Gasteiger partial charge >= 0.3 is 0 Å². The minimum Gasteiger partial charge on any atom is -0.495 e. The minimum absolute atomic E-state index is 0.120. The van der Waals surface area contributed by atoms with Crippen molar-refractivity contribution < 1.29 is 14.2 Å². The topological polar surface area (TPSA) is 35.9 Å². The highest BCUT2D eigenvalue weighted by molar-refractivity contribution is 5.60. The van der Waals surface area contributed by atoms with Crippen LogP contribution in [-0.2, 0) is 4.74 Å². The third-order valence-electron chi connectivity index (χ3n) is 4.73. The zero-order valence-electron chi connectivity index (χ0n) is 15.7. The molecule has 0 aliphatic carbocycles. The molecule has 2 heterocycles. The molecule has 0 bridgehead atoms. The Balaban J connectivity index is 1.58. The maximum Gasteiger partial charge on any atom is 0.158 e. The van der Waals surface area contributed by atoms with Crippen molar-refractivity contribution in [2.45, 2.75) is 13.2 Å². The van der Waals surface area contributed by atoms with Crippen LogP contribution in [-0.4, -0.2) is 31.4 Å². The molecule has 1 aliphatic rings. The van der Waals surface area contributed by atoms with Gasteiger partial charge in [-0.3, -0.25) is 0 Å². The van der Waals surface area contributed by atoms with E-state index in [2.05, 4.69) is 46.1 Å². The summed E-state index contributed by atoms with van der Waals surface area (Å²) in [5.41, 5.74) is 3.26. The van der Waals surface area contributed by atoms with Gasteiger partial charge in [-0.15, -0.1) is 0 Å². The molecule has 0 spiro atoms. The Morgan fingerprint density at radius 1 is 1.07 bits per heavy atom. The Hall–Kier alpha value is -2.92. The molecule has 1 saturated heterocycles. The number of hydrogen-bond acceptors (Lipinski definition) is 4. The number of nitrogens with zero attached hydrogens (tertiary/aromatic N) is 2. The summed E-state index contributed by atoms with van der Waals surface area (Å²) in [5.74, 6) is 1.74. The van der Waals surface area contributed by atoms with Crippen molar-refractivity contribution in [1.29, 1.82) is 0 Å². The molecule has 0 saturated carbocycles. The van der Waals surface area contributed by atoms with Gasteiger partial charge in [0.1, 0.15) is 11.5 Å². The molecule has 0 N–H and O–H groups in total. The molecule has 1 atom stereocenters. The Morgan fingerprint density at radius 3 is 2.67 bits per heavy atom. The lowest BCUT2D eigenvalue weighted by Gasteiger charge is -2.26. The Bertz CT molecular complexity index is 889. The molecule has 1 aliphatic heterocycles. The number of aromatic nitrogens is 1. The van der Waals surface area contributed by atoms with Gasteiger partial charge in [-0.1, -0.05) is 12.1 Å². The average molecular weight is 364 g/mol. The van der Waals surface area contributed by atoms with E-state index in [1.807, 2.05) is 37.3 Å². The van der Waals surface area contributed by atoms with E-state index < -0.39 is 0 Å². The minimum atomic E-state index is -0.120. The van der Waals surface area contributed by atoms with Crippen LogP contribution >= 0.6 is 0 Å². The third-order valence-corrected chi connectivity index (χ3v) is 4.73. The number of hydrogen-bond donors (Lipinski definition) is 0. The molecule has 0 radical (unpaired) electrons. The first-order valence-electron chi connectivity index (χ1n) is 9.22. The second-order valence-corrected chi connectivity index (χ2v) is 6.37. The second-order valence-electron chi connectivity index (χ2n) is 6.37. The molecule has 3 aromatic rings. The average Bonchev–Trinajstić information content (AvgIpc) is 3.38. The van der Waals surface area contributed by atoms with E-state index in [9.17, 15) is 0 Å². The van der Waals surface area contributed by atoms with Crippen LogP contribution in [0.4, 0.5) is 5.69 Å². The molecule has 0 unspecified atom stereocenters. The van der Waals surface area contributed by atoms with Crippen LogP contribution < -0.4 is 14.4 Å². The van der Waals surface area contributed by atoms with Gasteiger partial charge in [-0.2, -0.15) is 0 Å². The number of ether oxygens (including phenoxy) is 3. The molecule has 27 heavy (non-hydrogen) atoms. The summed E-state index contributed by atoms with van der Waals surface area (Å²) in [6.07, 6.45) is 4.06. The molecule has 2 aromatic carbocycles. The second kappa shape index (κ2) is 7.76. The van der Waals surface area contributed by atoms with Crippen LogP contribution in [0.3, 0.4) is 0 Å². The Morgan fingerprint density at radius 2 is 1.89 bits per heavy atom. The van der Waals surface area contributed by atoms with Gasteiger partial charge in [-0.25, -0.2) is 0 Å². The van der Waals surface area contributed by atoms with Crippen LogP contribution in [0, 0.1) is 0 Å². The lowest BCUT2D eigenvalue weighted by molar-refractivity contribution is 0.113. The highest BCUT2D eigenvalue weighted by atomic mass is 16.5. The molecule has 5 nitrogen and oxygen atoms in total. The fourth-order valence-electron chi connectivity index (χ4n) is 3.46. The van der Waals surface area contributed by atoms with Gasteiger partial charge in [0, 0.05) is 30.2 Å². The van der Waals surface area contributed by atoms with Crippen molar-refractivity contribution in [3.8, 4) is 17.2 Å². The molecule has 1 aromatic heterocycles. The largest absolute Gasteiger partial charge is 0.495 e. The van der Waals surface area contributed by atoms with Crippen molar-refractivity contribution in [1.82, 2.24) is 4.57 Å². The molecule has 4 rings (SSSR count). The first kappa shape index (κ1) is 17.5. The Labute approximate surface area is 159 Å². The fourth-order valence-corrected chi connectivity index (χ4v) is 3.46. The van der Waals surface area contributed by atoms with Crippen LogP contribution in [0.15, 0.2) is 67.0 Å². The van der Waals surface area contributed by atoms with Crippen molar-refractivity contribution in [2.75, 3.05) is 31.8 Å². The molecule has 1 fully saturated rings. The van der Waals surface area contributed by atoms with Crippen LogP contribution in [0.1, 0.15) is 18.7 Å². The summed E-state index contributed by atoms with van der Waals surface area (Å²) in [7, 11) is 1.70. The maximum absolute atomic E-state index is 6.04. The van der Waals surface area contributed by atoms with Crippen molar-refractivity contribution in [3.63, 3.8) is 0 Å². The summed E-state index contributed by atoms with van der Waals surface area (Å²) in [6, 6.07) is 18.3. The molecule has 140 valence electrons. The number of rotatable bonds is 6. The fraction of sp³-hybridized carbons (Fsp3) is 0.273. The van der Waals surface area contributed by atoms with E-state index in [4.69, 9.17) is 14.2 Å². The molecular formula is C22H24N2O3. The zero-order valence-corrected chi connectivity index (χ0v) is 15.7. The van der Waals surface area contributed by atoms with E-state index in [0.29, 0.717) is 13.2 Å². The van der Waals surface area contributed by atoms with E-state index in [1.165, 1.54) is 0 Å². The van der Waals surface area contributed by atoms with E-state index in [0.717, 1.165) is 35.0 Å². The first-order chi connectivity index (χ1) is 13.3. The number of methoxy groups -OCH3 is 1. The number of benzene rings is 2. The predicted molar refractivity (Wildman–Crippen MR) is 106 cm³/mol. The quantitative estimate of drug-likeness (QED) is 0.649. The standard InChI is InChI=1S/C22H24N2O3/c1-3-26-19-10-8-18(9-11-19)23-13-12-17(16-23)22-24(14-15-27-22)20-6-4-5-7-21(20)25-2/h4-13,16,22H,3,14-15H2,1-2H3/t22-/m1/s1. The highest BCUT2D eigenvalue weighted by Crippen LogP contribution is 2.37. The van der Waals surface area contributed by atoms with Crippen LogP contribution in [0.25, 0.3) is 5.69 Å². The molecular weight excluding hydrogens is 340 g/mol. The lowest BCUT2D eigenvalue weighted by Crippen LogP contribution is -2.23. The van der Waals surface area contributed by atoms with Gasteiger partial charge < -0.3 is 23.7 Å². The van der Waals surface area contributed by atoms with E-state index >= 15 is 0 Å². The third kappa shape index (κ3) is 3.51. The van der Waals surface area contributed by atoms with Crippen LogP contribution in [0.2, 0.25) is 0 Å². The van der Waals surface area contributed by atoms with E-state index in [1.54, 1.807) is 7.11 Å². The number of anilines is 1. The summed E-state index contributed by atoms with van der Waals surface area (Å²) in [6.45, 7) is 4.18. The van der Waals surface area contributed by atoms with E-state index in [-0.39, 0.29) is 6.23 Å². The smallest absolute Gasteiger partial charge is 0.158 e. The highest BCUT2D eigenvalue weighted by Gasteiger charge is 2.29. The summed E-state index contributed by atoms with van der Waals surface area (Å²) >= 11 is 0. The summed E-state index contributed by atoms with van der Waals surface area (Å²) in [5, 5.41) is 0. The number of para-hydroxylation sites is 2. The monoisotopic (exact) mass is 364 g/mol. The molecule has 5 heteroatoms. The normalized spacial score (nSPS) is 16.5. The summed E-state index contributed by atoms with van der Waals surface area (Å²) < 4.78 is 19.2. The predicted octanol–water partition coefficient (Wildman–Crippen LogP) is 4.42. The van der Waals surface area contributed by atoms with Gasteiger partial charge in [0.05, 0.1) is 26.0 Å². The zero-order chi connectivity index (χ0) is 18.6. The van der Waals surface area contributed by atoms with Crippen LogP contribution in [0.5, 0.6) is 11.5 Å². The van der Waals surface area contributed by atoms with Crippen molar-refractivity contribution in [2.24, 2.45) is 0 Å². The van der Waals surface area contributed by atoms with Gasteiger partial charge in [-0.05, 0) is 49.4 Å². The van der Waals surface area contributed by atoms with Crippen molar-refractivity contribution >= 4 is 5.69 Å². The van der Waals surface area contributed by atoms with Gasteiger partial charge in [0.25, 0.3) is 0 Å². The van der Waals surface area contributed by atoms with Gasteiger partial charge in [0.2, 0.25) is 0 Å². The SMILES string of the molecule is CCOc1ccc(-n2ccc([C@H]3OCCN3c3ccccc3OC)c2)cc1. The van der Waals surface area contributed by atoms with Gasteiger partial charge in [0.15, 0.2) is 6.23 Å². The molecule has 0 amide bonds.